The average molecular weight is 435 g/mol. The first kappa shape index (κ1) is 18.4. The number of nitrogens with one attached hydrogen (secondary N) is 1. The lowest BCUT2D eigenvalue weighted by Crippen LogP contribution is -2.15. The summed E-state index contributed by atoms with van der Waals surface area (Å²) >= 11 is 3.53. The lowest BCUT2D eigenvalue weighted by molar-refractivity contribution is -0.114. The molecule has 3 aromatic rings. The van der Waals surface area contributed by atoms with Gasteiger partial charge in [-0.3, -0.25) is 9.79 Å². The third-order valence-corrected chi connectivity index (χ3v) is 5.30. The molecule has 4 nitrogen and oxygen atoms in total. The maximum atomic E-state index is 12.3. The van der Waals surface area contributed by atoms with E-state index in [2.05, 4.69) is 44.4 Å². The lowest BCUT2D eigenvalue weighted by atomic mass is 9.92. The zero-order chi connectivity index (χ0) is 19.7. The highest BCUT2D eigenvalue weighted by Crippen LogP contribution is 2.41. The molecule has 28 heavy (non-hydrogen) atoms. The first-order chi connectivity index (χ1) is 13.6. The topological polar surface area (TPSA) is 50.7 Å². The number of carbonyl (C=O) groups is 1. The van der Waals surface area contributed by atoms with Gasteiger partial charge in [0.1, 0.15) is 12.3 Å². The number of halogens is 1. The molecule has 1 aliphatic heterocycles. The van der Waals surface area contributed by atoms with Gasteiger partial charge in [0, 0.05) is 26.7 Å². The van der Waals surface area contributed by atoms with Crippen molar-refractivity contribution in [3.05, 3.63) is 81.8 Å². The molecule has 3 aromatic carbocycles. The molecule has 0 aromatic heterocycles. The van der Waals surface area contributed by atoms with Gasteiger partial charge in [-0.25, -0.2) is 0 Å². The summed E-state index contributed by atoms with van der Waals surface area (Å²) in [6.45, 7) is 2.05. The Bertz CT molecular complexity index is 1090. The second kappa shape index (κ2) is 7.60. The monoisotopic (exact) mass is 434 g/mol. The van der Waals surface area contributed by atoms with Crippen molar-refractivity contribution in [2.24, 2.45) is 4.99 Å². The molecule has 0 unspecified atom stereocenters. The zero-order valence-corrected chi connectivity index (χ0v) is 17.2. The average Bonchev–Trinajstić information content (AvgIpc) is 2.87. The summed E-state index contributed by atoms with van der Waals surface area (Å²) in [5, 5.41) is 3.01. The molecule has 1 N–H and O–H groups in total. The van der Waals surface area contributed by atoms with Crippen LogP contribution in [-0.2, 0) is 4.79 Å². The molecule has 0 aliphatic carbocycles. The van der Waals surface area contributed by atoms with Crippen molar-refractivity contribution in [2.75, 3.05) is 19.0 Å². The number of benzene rings is 3. The van der Waals surface area contributed by atoms with Crippen molar-refractivity contribution in [3.8, 4) is 16.9 Å². The highest BCUT2D eigenvalue weighted by Gasteiger charge is 2.24. The summed E-state index contributed by atoms with van der Waals surface area (Å²) in [5.74, 6) is 0.615. The van der Waals surface area contributed by atoms with Crippen LogP contribution in [0.4, 0.5) is 5.69 Å². The van der Waals surface area contributed by atoms with E-state index in [9.17, 15) is 4.79 Å². The van der Waals surface area contributed by atoms with E-state index in [0.29, 0.717) is 0 Å². The maximum Gasteiger partial charge on any atom is 0.246 e. The number of hydrogen-bond donors (Lipinski definition) is 1. The van der Waals surface area contributed by atoms with Crippen LogP contribution >= 0.6 is 15.9 Å². The van der Waals surface area contributed by atoms with Gasteiger partial charge in [-0.05, 0) is 30.7 Å². The molecule has 0 bridgehead atoms. The van der Waals surface area contributed by atoms with Crippen molar-refractivity contribution in [1.82, 2.24) is 0 Å². The molecular formula is C23H19BrN2O2. The van der Waals surface area contributed by atoms with Crippen LogP contribution in [0.3, 0.4) is 0 Å². The number of nitrogens with zero attached hydrogens (tertiary/aromatic N) is 1. The van der Waals surface area contributed by atoms with Crippen LogP contribution < -0.4 is 10.1 Å². The largest absolute Gasteiger partial charge is 0.496 e. The van der Waals surface area contributed by atoms with E-state index >= 15 is 0 Å². The molecule has 5 heteroatoms. The van der Waals surface area contributed by atoms with Crippen LogP contribution in [-0.4, -0.2) is 25.3 Å². The number of carbonyl (C=O) groups excluding carboxylic acids is 1. The van der Waals surface area contributed by atoms with E-state index in [1.54, 1.807) is 7.11 Å². The Labute approximate surface area is 172 Å². The van der Waals surface area contributed by atoms with Gasteiger partial charge in [0.2, 0.25) is 5.91 Å². The number of fused-ring (bicyclic) bond motifs is 1. The van der Waals surface area contributed by atoms with Crippen LogP contribution in [0.15, 0.2) is 70.1 Å². The van der Waals surface area contributed by atoms with Crippen LogP contribution in [0.5, 0.6) is 5.75 Å². The summed E-state index contributed by atoms with van der Waals surface area (Å²) in [6.07, 6.45) is 0. The van der Waals surface area contributed by atoms with Gasteiger partial charge >= 0.3 is 0 Å². The number of hydrogen-bond acceptors (Lipinski definition) is 3. The quantitative estimate of drug-likeness (QED) is 0.613. The first-order valence-electron chi connectivity index (χ1n) is 8.96. The summed E-state index contributed by atoms with van der Waals surface area (Å²) in [7, 11) is 1.66. The number of ether oxygens (including phenoxy) is 1. The SMILES string of the molecule is COc1c(-c2ccccc2)cc2c(c1C)NC(=O)CN=C2c1cccc(Br)c1. The van der Waals surface area contributed by atoms with Crippen molar-refractivity contribution >= 4 is 33.2 Å². The summed E-state index contributed by atoms with van der Waals surface area (Å²) in [6, 6.07) is 20.1. The Morgan fingerprint density at radius 2 is 1.75 bits per heavy atom. The Hall–Kier alpha value is -2.92. The minimum absolute atomic E-state index is 0.0823. The highest BCUT2D eigenvalue weighted by atomic mass is 79.9. The van der Waals surface area contributed by atoms with Crippen LogP contribution in [0.1, 0.15) is 16.7 Å². The standard InChI is InChI=1S/C23H19BrN2O2/c1-14-21-19(12-18(23(14)28-2)15-7-4-3-5-8-15)22(25-13-20(27)26-21)16-9-6-10-17(24)11-16/h3-12H,13H2,1-2H3,(H,26,27). The molecule has 0 saturated heterocycles. The minimum Gasteiger partial charge on any atom is -0.496 e. The van der Waals surface area contributed by atoms with Gasteiger partial charge in [-0.2, -0.15) is 0 Å². The van der Waals surface area contributed by atoms with E-state index in [4.69, 9.17) is 4.74 Å². The van der Waals surface area contributed by atoms with Gasteiger partial charge in [0.25, 0.3) is 0 Å². The molecule has 4 rings (SSSR count). The number of rotatable bonds is 3. The third kappa shape index (κ3) is 3.34. The Kier molecular flexibility index (Phi) is 5.01. The minimum atomic E-state index is -0.135. The van der Waals surface area contributed by atoms with Crippen molar-refractivity contribution in [1.29, 1.82) is 0 Å². The van der Waals surface area contributed by atoms with Gasteiger partial charge < -0.3 is 10.1 Å². The van der Waals surface area contributed by atoms with E-state index in [1.807, 2.05) is 49.4 Å². The molecular weight excluding hydrogens is 416 g/mol. The van der Waals surface area contributed by atoms with Crippen LogP contribution in [0.25, 0.3) is 11.1 Å². The fourth-order valence-electron chi connectivity index (χ4n) is 3.54. The van der Waals surface area contributed by atoms with E-state index in [0.717, 1.165) is 49.4 Å². The van der Waals surface area contributed by atoms with Gasteiger partial charge in [-0.1, -0.05) is 58.4 Å². The molecule has 1 heterocycles. The molecule has 0 fully saturated rings. The summed E-state index contributed by atoms with van der Waals surface area (Å²) in [5.41, 5.74) is 6.29. The molecule has 1 amide bonds. The number of benzodiazepines with no additional fused rings is 1. The van der Waals surface area contributed by atoms with Crippen LogP contribution in [0, 0.1) is 6.92 Å². The molecule has 0 saturated carbocycles. The van der Waals surface area contributed by atoms with Crippen molar-refractivity contribution in [3.63, 3.8) is 0 Å². The fourth-order valence-corrected chi connectivity index (χ4v) is 3.94. The van der Waals surface area contributed by atoms with Gasteiger partial charge in [-0.15, -0.1) is 0 Å². The van der Waals surface area contributed by atoms with E-state index in [-0.39, 0.29) is 12.5 Å². The number of amides is 1. The normalized spacial score (nSPS) is 13.2. The fraction of sp³-hybridized carbons (Fsp3) is 0.130. The number of anilines is 1. The zero-order valence-electron chi connectivity index (χ0n) is 15.6. The highest BCUT2D eigenvalue weighted by molar-refractivity contribution is 9.10. The molecule has 0 radical (unpaired) electrons. The molecule has 1 aliphatic rings. The predicted molar refractivity (Wildman–Crippen MR) is 116 cm³/mol. The summed E-state index contributed by atoms with van der Waals surface area (Å²) < 4.78 is 6.70. The number of aliphatic imine (C=N–C) groups is 1. The van der Waals surface area contributed by atoms with E-state index in [1.165, 1.54) is 0 Å². The molecule has 0 atom stereocenters. The maximum absolute atomic E-state index is 12.3. The van der Waals surface area contributed by atoms with Gasteiger partial charge in [0.15, 0.2) is 0 Å². The predicted octanol–water partition coefficient (Wildman–Crippen LogP) is 5.22. The van der Waals surface area contributed by atoms with Crippen molar-refractivity contribution in [2.45, 2.75) is 6.92 Å². The molecule has 0 spiro atoms. The van der Waals surface area contributed by atoms with Gasteiger partial charge in [0.05, 0.1) is 18.5 Å². The third-order valence-electron chi connectivity index (χ3n) is 4.81. The smallest absolute Gasteiger partial charge is 0.246 e. The Balaban J connectivity index is 2.01. The Morgan fingerprint density at radius 1 is 1.00 bits per heavy atom. The first-order valence-corrected chi connectivity index (χ1v) is 9.75. The second-order valence-electron chi connectivity index (χ2n) is 6.59. The van der Waals surface area contributed by atoms with Crippen LogP contribution in [0.2, 0.25) is 0 Å². The number of methoxy groups -OCH3 is 1. The van der Waals surface area contributed by atoms with E-state index < -0.39 is 0 Å². The Morgan fingerprint density at radius 3 is 2.46 bits per heavy atom. The second-order valence-corrected chi connectivity index (χ2v) is 7.51. The lowest BCUT2D eigenvalue weighted by Gasteiger charge is -2.20. The molecule has 140 valence electrons. The summed E-state index contributed by atoms with van der Waals surface area (Å²) in [4.78, 5) is 17.0. The van der Waals surface area contributed by atoms with Crippen molar-refractivity contribution < 1.29 is 9.53 Å².